The molecule has 5 aliphatic rings. The molecule has 4 N–H and O–H groups in total. The Hall–Kier alpha value is -3.24. The number of carbonyl (C=O) groups excluding carboxylic acids is 2. The van der Waals surface area contributed by atoms with Gasteiger partial charge in [0.25, 0.3) is 0 Å². The fraction of sp³-hybridized carbons (Fsp3) is 0.500. The Kier molecular flexibility index (Phi) is 7.02. The van der Waals surface area contributed by atoms with Crippen molar-refractivity contribution in [3.05, 3.63) is 89.0 Å². The van der Waals surface area contributed by atoms with Crippen molar-refractivity contribution in [1.82, 2.24) is 0 Å². The highest BCUT2D eigenvalue weighted by Crippen LogP contribution is 2.72. The van der Waals surface area contributed by atoms with Crippen LogP contribution in [0.3, 0.4) is 0 Å². The molecule has 45 heavy (non-hydrogen) atoms. The number of allylic oxidation sites excluding steroid dienone is 4. The largest absolute Gasteiger partial charge is 0.399 e. The third-order valence-corrected chi connectivity index (χ3v) is 11.8. The fourth-order valence-electron chi connectivity index (χ4n) is 9.59. The first kappa shape index (κ1) is 30.4. The van der Waals surface area contributed by atoms with Crippen LogP contribution in [0.1, 0.15) is 56.1 Å². The molecule has 4 aliphatic carbocycles. The lowest BCUT2D eigenvalue weighted by Crippen LogP contribution is -2.70. The maximum atomic E-state index is 17.6. The van der Waals surface area contributed by atoms with Gasteiger partial charge in [0.2, 0.25) is 0 Å². The number of hydrogen-bond acceptors (Lipinski definition) is 7. The van der Waals surface area contributed by atoms with Gasteiger partial charge in [-0.1, -0.05) is 49.4 Å². The van der Waals surface area contributed by atoms with E-state index < -0.39 is 76.8 Å². The molecule has 0 radical (unpaired) electrons. The molecule has 1 saturated heterocycles. The molecule has 238 valence electrons. The van der Waals surface area contributed by atoms with Gasteiger partial charge in [0.15, 0.2) is 29.1 Å². The molecule has 10 atom stereocenters. The lowest BCUT2D eigenvalue weighted by atomic mass is 9.44. The Balaban J connectivity index is 1.18. The van der Waals surface area contributed by atoms with E-state index in [0.29, 0.717) is 5.56 Å². The summed E-state index contributed by atoms with van der Waals surface area (Å²) < 4.78 is 46.3. The van der Waals surface area contributed by atoms with Crippen LogP contribution < -0.4 is 5.73 Å². The van der Waals surface area contributed by atoms with Crippen LogP contribution in [0.4, 0.5) is 14.5 Å². The van der Waals surface area contributed by atoms with Crippen LogP contribution in [0.25, 0.3) is 0 Å². The van der Waals surface area contributed by atoms with E-state index in [0.717, 1.165) is 35.7 Å². The van der Waals surface area contributed by atoms with Gasteiger partial charge in [-0.2, -0.15) is 0 Å². The van der Waals surface area contributed by atoms with E-state index in [4.69, 9.17) is 15.2 Å². The number of carbonyl (C=O) groups is 2. The van der Waals surface area contributed by atoms with Gasteiger partial charge in [-0.05, 0) is 85.9 Å². The van der Waals surface area contributed by atoms with Gasteiger partial charge in [-0.3, -0.25) is 9.59 Å². The van der Waals surface area contributed by atoms with E-state index >= 15 is 8.78 Å². The van der Waals surface area contributed by atoms with Crippen molar-refractivity contribution in [3.63, 3.8) is 0 Å². The van der Waals surface area contributed by atoms with Gasteiger partial charge in [0, 0.05) is 28.0 Å². The van der Waals surface area contributed by atoms with Crippen molar-refractivity contribution in [2.45, 2.75) is 81.9 Å². The van der Waals surface area contributed by atoms with Crippen LogP contribution in [-0.4, -0.2) is 58.0 Å². The molecule has 2 aromatic carbocycles. The third kappa shape index (κ3) is 4.13. The lowest BCUT2D eigenvalue weighted by Gasteiger charge is -2.63. The summed E-state index contributed by atoms with van der Waals surface area (Å²) in [6.45, 7) is 2.50. The van der Waals surface area contributed by atoms with Gasteiger partial charge in [0.1, 0.15) is 12.8 Å². The van der Waals surface area contributed by atoms with Crippen LogP contribution in [-0.2, 0) is 31.9 Å². The number of nitrogens with two attached hydrogens (primary N) is 1. The van der Waals surface area contributed by atoms with Crippen LogP contribution in [0, 0.1) is 22.7 Å². The topological polar surface area (TPSA) is 119 Å². The number of aryl methyl sites for hydroxylation is 2. The summed E-state index contributed by atoms with van der Waals surface area (Å²) in [4.78, 5) is 25.8. The summed E-state index contributed by atoms with van der Waals surface area (Å²) in [7, 11) is 0. The average molecular weight is 620 g/mol. The maximum absolute atomic E-state index is 17.6. The highest BCUT2D eigenvalue weighted by molar-refractivity contribution is 6.01. The smallest absolute Gasteiger partial charge is 0.193 e. The molecule has 7 nitrogen and oxygen atoms in total. The van der Waals surface area contributed by atoms with Crippen molar-refractivity contribution < 1.29 is 38.1 Å². The molecule has 4 fully saturated rings. The third-order valence-electron chi connectivity index (χ3n) is 11.8. The number of nitrogen functional groups attached to an aromatic ring is 1. The summed E-state index contributed by atoms with van der Waals surface area (Å²) >= 11 is 0. The Morgan fingerprint density at radius 1 is 1.07 bits per heavy atom. The predicted octanol–water partition coefficient (Wildman–Crippen LogP) is 4.70. The van der Waals surface area contributed by atoms with Crippen LogP contribution in [0.5, 0.6) is 0 Å². The highest BCUT2D eigenvalue weighted by Gasteiger charge is 2.80. The first-order valence-electron chi connectivity index (χ1n) is 15.7. The number of fused-ring (bicyclic) bond motifs is 7. The molecule has 1 heterocycles. The van der Waals surface area contributed by atoms with Gasteiger partial charge >= 0.3 is 0 Å². The Morgan fingerprint density at radius 2 is 1.80 bits per heavy atom. The second kappa shape index (κ2) is 10.4. The van der Waals surface area contributed by atoms with Crippen LogP contribution >= 0.6 is 0 Å². The van der Waals surface area contributed by atoms with Crippen LogP contribution in [0.15, 0.2) is 72.3 Å². The fourth-order valence-corrected chi connectivity index (χ4v) is 9.59. The van der Waals surface area contributed by atoms with Crippen molar-refractivity contribution in [2.24, 2.45) is 22.7 Å². The van der Waals surface area contributed by atoms with E-state index in [1.807, 2.05) is 48.5 Å². The van der Waals surface area contributed by atoms with Crippen molar-refractivity contribution >= 4 is 17.3 Å². The van der Waals surface area contributed by atoms with Gasteiger partial charge in [-0.15, -0.1) is 0 Å². The number of ether oxygens (including phenoxy) is 2. The summed E-state index contributed by atoms with van der Waals surface area (Å²) in [6.07, 6.45) is 0.260. The molecule has 9 heteroatoms. The molecular weight excluding hydrogens is 580 g/mol. The van der Waals surface area contributed by atoms with E-state index in [1.54, 1.807) is 13.8 Å². The first-order valence-corrected chi connectivity index (χ1v) is 15.7. The summed E-state index contributed by atoms with van der Waals surface area (Å²) in [5, 5.41) is 21.8. The van der Waals surface area contributed by atoms with E-state index in [2.05, 4.69) is 0 Å². The van der Waals surface area contributed by atoms with Gasteiger partial charge in [-0.25, -0.2) is 8.78 Å². The summed E-state index contributed by atoms with van der Waals surface area (Å²) in [5.74, 6) is -2.59. The number of benzene rings is 2. The predicted molar refractivity (Wildman–Crippen MR) is 162 cm³/mol. The molecule has 0 unspecified atom stereocenters. The van der Waals surface area contributed by atoms with Gasteiger partial charge in [0.05, 0.1) is 12.2 Å². The molecule has 0 aromatic heterocycles. The minimum absolute atomic E-state index is 0.0413. The van der Waals surface area contributed by atoms with E-state index in [1.165, 1.54) is 12.2 Å². The van der Waals surface area contributed by atoms with Gasteiger partial charge < -0.3 is 25.4 Å². The lowest BCUT2D eigenvalue weighted by molar-refractivity contribution is -0.235. The average Bonchev–Trinajstić information content (AvgIpc) is 3.52. The van der Waals surface area contributed by atoms with Crippen molar-refractivity contribution in [3.8, 4) is 0 Å². The number of anilines is 1. The first-order chi connectivity index (χ1) is 21.4. The Bertz CT molecular complexity index is 1610. The quantitative estimate of drug-likeness (QED) is 0.402. The SMILES string of the molecule is C[C@]12C=CC(=O)C=C1[C@@H](F)C[C@H]1[C@@H]3C[C@H]4O[C@@H](c5ccc(CCc6cccc(N)c6)cc5)O[C@@]4(C(=O)CO)[C@@]3(C)C[C@H](O)[C@@]12F. The highest BCUT2D eigenvalue weighted by atomic mass is 19.1. The van der Waals surface area contributed by atoms with Crippen molar-refractivity contribution in [1.29, 1.82) is 0 Å². The Morgan fingerprint density at radius 3 is 2.51 bits per heavy atom. The monoisotopic (exact) mass is 619 g/mol. The zero-order valence-corrected chi connectivity index (χ0v) is 25.4. The summed E-state index contributed by atoms with van der Waals surface area (Å²) in [6, 6.07) is 15.5. The summed E-state index contributed by atoms with van der Waals surface area (Å²) in [5.41, 5.74) is 2.96. The number of aliphatic hydroxyl groups is 2. The molecule has 0 spiro atoms. The number of Topliss-reactive ketones (excluding diaryl/α,β-unsaturated/α-hetero) is 1. The van der Waals surface area contributed by atoms with E-state index in [9.17, 15) is 19.8 Å². The molecule has 7 rings (SSSR count). The van der Waals surface area contributed by atoms with E-state index in [-0.39, 0.29) is 24.8 Å². The molecule has 2 aromatic rings. The molecular formula is C36H39F2NO6. The molecule has 0 amide bonds. The second-order valence-corrected chi connectivity index (χ2v) is 14.0. The normalized spacial score (nSPS) is 41.6. The second-order valence-electron chi connectivity index (χ2n) is 14.0. The molecule has 3 saturated carbocycles. The molecule has 0 bridgehead atoms. The maximum Gasteiger partial charge on any atom is 0.193 e. The minimum atomic E-state index is -2.29. The number of alkyl halides is 2. The zero-order valence-electron chi connectivity index (χ0n) is 25.4. The van der Waals surface area contributed by atoms with Crippen molar-refractivity contribution in [2.75, 3.05) is 12.3 Å². The standard InChI is InChI=1S/C36H39F2NO6/c1-33-13-12-24(41)15-27(33)28(37)16-26-25-17-31-36(30(43)19-40,34(25,2)18-29(42)35(26,33)38)45-32(44-31)22-10-8-20(9-11-22)6-7-21-4-3-5-23(39)14-21/h3-5,8-15,25-26,28-29,31-32,40,42H,6-7,16-19,39H2,1-2H3/t25-,26-,28-,29-,31+,32+,33-,34-,35-,36+/m0/s1. The molecule has 1 aliphatic heterocycles. The zero-order chi connectivity index (χ0) is 31.9. The number of halogens is 2. The number of ketones is 2. The Labute approximate surface area is 261 Å². The number of rotatable bonds is 6. The van der Waals surface area contributed by atoms with Crippen LogP contribution in [0.2, 0.25) is 0 Å². The number of aliphatic hydroxyl groups excluding tert-OH is 2. The number of hydrogen-bond donors (Lipinski definition) is 3. The minimum Gasteiger partial charge on any atom is -0.399 e.